The van der Waals surface area contributed by atoms with E-state index in [2.05, 4.69) is 52.0 Å². The third kappa shape index (κ3) is 3.59. The Morgan fingerprint density at radius 1 is 0.962 bits per heavy atom. The molecule has 0 saturated carbocycles. The molecule has 3 heterocycles. The molecule has 0 atom stereocenters. The summed E-state index contributed by atoms with van der Waals surface area (Å²) in [6.45, 7) is 2.11. The van der Waals surface area contributed by atoms with Crippen molar-refractivity contribution in [1.29, 1.82) is 0 Å². The molecule has 0 aliphatic carbocycles. The van der Waals surface area contributed by atoms with E-state index in [4.69, 9.17) is 4.98 Å². The van der Waals surface area contributed by atoms with Gasteiger partial charge in [0.2, 0.25) is 0 Å². The van der Waals surface area contributed by atoms with Crippen LogP contribution in [0.2, 0.25) is 0 Å². The predicted molar refractivity (Wildman–Crippen MR) is 109 cm³/mol. The van der Waals surface area contributed by atoms with E-state index in [9.17, 15) is 0 Å². The van der Waals surface area contributed by atoms with Crippen LogP contribution in [0.1, 0.15) is 12.8 Å². The van der Waals surface area contributed by atoms with Gasteiger partial charge in [-0.15, -0.1) is 11.8 Å². The van der Waals surface area contributed by atoms with Crippen molar-refractivity contribution in [3.63, 3.8) is 0 Å². The molecular formula is C21H22N4S. The van der Waals surface area contributed by atoms with Crippen molar-refractivity contribution in [3.05, 3.63) is 60.8 Å². The Hall–Kier alpha value is -2.37. The van der Waals surface area contributed by atoms with Gasteiger partial charge in [0, 0.05) is 29.7 Å². The second-order valence-corrected chi connectivity index (χ2v) is 7.17. The number of anilines is 1. The summed E-state index contributed by atoms with van der Waals surface area (Å²) in [6.07, 6.45) is 6.38. The fourth-order valence-electron chi connectivity index (χ4n) is 3.27. The average molecular weight is 363 g/mol. The number of pyridine rings is 2. The number of benzene rings is 1. The van der Waals surface area contributed by atoms with Gasteiger partial charge in [-0.05, 0) is 42.9 Å². The quantitative estimate of drug-likeness (QED) is 0.650. The number of rotatable bonds is 5. The minimum absolute atomic E-state index is 0.895. The molecule has 0 bridgehead atoms. The summed E-state index contributed by atoms with van der Waals surface area (Å²) < 4.78 is 0. The van der Waals surface area contributed by atoms with Gasteiger partial charge in [-0.2, -0.15) is 0 Å². The summed E-state index contributed by atoms with van der Waals surface area (Å²) in [5.74, 6) is 0.908. The van der Waals surface area contributed by atoms with E-state index in [1.54, 1.807) is 11.8 Å². The van der Waals surface area contributed by atoms with Crippen LogP contribution in [0, 0.1) is 0 Å². The number of hydrazine groups is 1. The number of nitrogens with zero attached hydrogens (tertiary/aromatic N) is 3. The van der Waals surface area contributed by atoms with Crippen LogP contribution in [0.25, 0.3) is 22.5 Å². The first-order chi connectivity index (χ1) is 12.8. The Bertz CT molecular complexity index is 862. The van der Waals surface area contributed by atoms with Crippen molar-refractivity contribution in [2.45, 2.75) is 17.7 Å². The van der Waals surface area contributed by atoms with Gasteiger partial charge in [-0.1, -0.05) is 36.4 Å². The van der Waals surface area contributed by atoms with Crippen molar-refractivity contribution < 1.29 is 0 Å². The van der Waals surface area contributed by atoms with Crippen LogP contribution in [0.3, 0.4) is 0 Å². The fourth-order valence-corrected chi connectivity index (χ4v) is 3.92. The zero-order valence-corrected chi connectivity index (χ0v) is 15.7. The van der Waals surface area contributed by atoms with Crippen LogP contribution < -0.4 is 5.43 Å². The molecule has 2 aromatic heterocycles. The van der Waals surface area contributed by atoms with Crippen LogP contribution in [0.4, 0.5) is 5.82 Å². The van der Waals surface area contributed by atoms with Crippen LogP contribution >= 0.6 is 11.8 Å². The lowest BCUT2D eigenvalue weighted by Crippen LogP contribution is -2.27. The first-order valence-corrected chi connectivity index (χ1v) is 10.1. The van der Waals surface area contributed by atoms with Crippen molar-refractivity contribution in [3.8, 4) is 22.5 Å². The molecule has 1 aliphatic rings. The van der Waals surface area contributed by atoms with Crippen molar-refractivity contribution in [1.82, 2.24) is 15.0 Å². The molecule has 3 aromatic rings. The second-order valence-electron chi connectivity index (χ2n) is 6.32. The Morgan fingerprint density at radius 2 is 1.73 bits per heavy atom. The van der Waals surface area contributed by atoms with E-state index in [-0.39, 0.29) is 0 Å². The maximum Gasteiger partial charge on any atom is 0.150 e. The van der Waals surface area contributed by atoms with Gasteiger partial charge in [0.05, 0.1) is 11.4 Å². The average Bonchev–Trinajstić information content (AvgIpc) is 3.22. The third-order valence-corrected chi connectivity index (χ3v) is 5.32. The van der Waals surface area contributed by atoms with Gasteiger partial charge in [0.15, 0.2) is 0 Å². The maximum absolute atomic E-state index is 4.96. The summed E-state index contributed by atoms with van der Waals surface area (Å²) in [7, 11) is 0. The zero-order chi connectivity index (χ0) is 17.8. The molecule has 1 N–H and O–H groups in total. The molecule has 5 heteroatoms. The predicted octanol–water partition coefficient (Wildman–Crippen LogP) is 4.96. The number of nitrogens with one attached hydrogen (secondary N) is 1. The molecule has 1 fully saturated rings. The molecule has 1 aromatic carbocycles. The smallest absolute Gasteiger partial charge is 0.150 e. The Labute approximate surface area is 158 Å². The SMILES string of the molecule is CSc1cc(-c2ccccn2)nc(NN2CCCC2)c1-c1ccccc1. The Balaban J connectivity index is 1.85. The Kier molecular flexibility index (Phi) is 5.18. The summed E-state index contributed by atoms with van der Waals surface area (Å²) in [6, 6.07) is 18.6. The largest absolute Gasteiger partial charge is 0.303 e. The summed E-state index contributed by atoms with van der Waals surface area (Å²) >= 11 is 1.74. The molecule has 4 rings (SSSR count). The van der Waals surface area contributed by atoms with Crippen molar-refractivity contribution in [2.24, 2.45) is 0 Å². The minimum Gasteiger partial charge on any atom is -0.303 e. The summed E-state index contributed by atoms with van der Waals surface area (Å²) in [4.78, 5) is 10.7. The highest BCUT2D eigenvalue weighted by atomic mass is 32.2. The third-order valence-electron chi connectivity index (χ3n) is 4.56. The van der Waals surface area contributed by atoms with Crippen LogP contribution in [0.5, 0.6) is 0 Å². The molecule has 132 valence electrons. The molecular weight excluding hydrogens is 340 g/mol. The maximum atomic E-state index is 4.96. The van der Waals surface area contributed by atoms with E-state index in [0.29, 0.717) is 0 Å². The van der Waals surface area contributed by atoms with Gasteiger partial charge < -0.3 is 5.43 Å². The molecule has 1 saturated heterocycles. The van der Waals surface area contributed by atoms with E-state index >= 15 is 0 Å². The topological polar surface area (TPSA) is 41.1 Å². The Morgan fingerprint density at radius 3 is 2.42 bits per heavy atom. The van der Waals surface area contributed by atoms with Crippen molar-refractivity contribution in [2.75, 3.05) is 24.8 Å². The number of hydrogen-bond donors (Lipinski definition) is 1. The highest BCUT2D eigenvalue weighted by Crippen LogP contribution is 2.38. The van der Waals surface area contributed by atoms with Gasteiger partial charge >= 0.3 is 0 Å². The lowest BCUT2D eigenvalue weighted by molar-refractivity contribution is 0.408. The molecule has 1 aliphatic heterocycles. The normalized spacial score (nSPS) is 14.5. The molecule has 4 nitrogen and oxygen atoms in total. The number of aromatic nitrogens is 2. The summed E-state index contributed by atoms with van der Waals surface area (Å²) in [5, 5.41) is 2.26. The molecule has 26 heavy (non-hydrogen) atoms. The monoisotopic (exact) mass is 362 g/mol. The highest BCUT2D eigenvalue weighted by Gasteiger charge is 2.19. The van der Waals surface area contributed by atoms with Gasteiger partial charge in [0.25, 0.3) is 0 Å². The van der Waals surface area contributed by atoms with Crippen molar-refractivity contribution >= 4 is 17.6 Å². The molecule has 0 spiro atoms. The van der Waals surface area contributed by atoms with Gasteiger partial charge in [0.1, 0.15) is 5.82 Å². The highest BCUT2D eigenvalue weighted by molar-refractivity contribution is 7.98. The first kappa shape index (κ1) is 17.1. The number of hydrogen-bond acceptors (Lipinski definition) is 5. The molecule has 0 amide bonds. The van der Waals surface area contributed by atoms with E-state index in [1.807, 2.05) is 30.5 Å². The lowest BCUT2D eigenvalue weighted by atomic mass is 10.1. The first-order valence-electron chi connectivity index (χ1n) is 8.92. The van der Waals surface area contributed by atoms with Crippen LogP contribution in [-0.4, -0.2) is 34.3 Å². The standard InChI is InChI=1S/C21H22N4S/c1-26-19-15-18(17-11-5-6-12-22-17)23-21(24-25-13-7-8-14-25)20(19)16-9-3-2-4-10-16/h2-6,9-12,15H,7-8,13-14H2,1H3,(H,23,24). The van der Waals surface area contributed by atoms with Crippen LogP contribution in [-0.2, 0) is 0 Å². The van der Waals surface area contributed by atoms with Crippen LogP contribution in [0.15, 0.2) is 65.7 Å². The zero-order valence-electron chi connectivity index (χ0n) is 14.9. The fraction of sp³-hybridized carbons (Fsp3) is 0.238. The number of thioether (sulfide) groups is 1. The van der Waals surface area contributed by atoms with Gasteiger partial charge in [-0.25, -0.2) is 9.99 Å². The summed E-state index contributed by atoms with van der Waals surface area (Å²) in [5.41, 5.74) is 7.70. The van der Waals surface area contributed by atoms with E-state index in [0.717, 1.165) is 35.9 Å². The molecule has 0 radical (unpaired) electrons. The lowest BCUT2D eigenvalue weighted by Gasteiger charge is -2.22. The van der Waals surface area contributed by atoms with E-state index in [1.165, 1.54) is 23.3 Å². The minimum atomic E-state index is 0.895. The second kappa shape index (κ2) is 7.89. The molecule has 0 unspecified atom stereocenters. The van der Waals surface area contributed by atoms with Gasteiger partial charge in [-0.3, -0.25) is 4.98 Å². The van der Waals surface area contributed by atoms with E-state index < -0.39 is 0 Å².